The largest absolute Gasteiger partial charge is 0.740 e. The Morgan fingerprint density at radius 3 is 1.89 bits per heavy atom. The van der Waals surface area contributed by atoms with Crippen LogP contribution in [0.4, 0.5) is 0 Å². The fraction of sp³-hybridized carbons (Fsp3) is 0.462. The average molecular weight is 269 g/mol. The van der Waals surface area contributed by atoms with Gasteiger partial charge < -0.3 is 8.74 Å². The lowest BCUT2D eigenvalue weighted by Crippen LogP contribution is -2.07. The number of rotatable bonds is 5. The lowest BCUT2D eigenvalue weighted by Gasteiger charge is -2.20. The molecular formula is C13H17O4S-. The van der Waals surface area contributed by atoms with E-state index in [-0.39, 0.29) is 11.8 Å². The third-order valence-electron chi connectivity index (χ3n) is 2.70. The molecule has 5 heteroatoms. The van der Waals surface area contributed by atoms with Crippen molar-refractivity contribution in [1.29, 1.82) is 0 Å². The van der Waals surface area contributed by atoms with Crippen LogP contribution in [0.15, 0.2) is 12.1 Å². The molecule has 4 nitrogen and oxygen atoms in total. The van der Waals surface area contributed by atoms with E-state index in [1.54, 1.807) is 12.1 Å². The van der Waals surface area contributed by atoms with E-state index in [4.69, 9.17) is 4.18 Å². The minimum absolute atomic E-state index is 0.0703. The maximum absolute atomic E-state index is 10.9. The quantitative estimate of drug-likeness (QED) is 0.609. The molecule has 18 heavy (non-hydrogen) atoms. The highest BCUT2D eigenvalue weighted by molar-refractivity contribution is 7.74. The molecule has 1 aromatic carbocycles. The third-order valence-corrected chi connectivity index (χ3v) is 3.00. The second kappa shape index (κ2) is 6.11. The fourth-order valence-electron chi connectivity index (χ4n) is 1.79. The summed E-state index contributed by atoms with van der Waals surface area (Å²) in [6.07, 6.45) is 0.760. The SMILES string of the molecule is CC(C)c1cc(C=O)cc(C(C)C)c1OS(=O)[O-]. The number of benzene rings is 1. The zero-order valence-electron chi connectivity index (χ0n) is 10.9. The number of aldehydes is 1. The van der Waals surface area contributed by atoms with Gasteiger partial charge >= 0.3 is 0 Å². The lowest BCUT2D eigenvalue weighted by atomic mass is 9.92. The van der Waals surface area contributed by atoms with Crippen LogP contribution in [-0.2, 0) is 11.4 Å². The first-order chi connectivity index (χ1) is 8.36. The monoisotopic (exact) mass is 269 g/mol. The molecule has 0 saturated heterocycles. The van der Waals surface area contributed by atoms with Gasteiger partial charge in [-0.25, -0.2) is 4.21 Å². The number of hydrogen-bond donors (Lipinski definition) is 0. The van der Waals surface area contributed by atoms with Crippen molar-refractivity contribution in [3.63, 3.8) is 0 Å². The van der Waals surface area contributed by atoms with Crippen LogP contribution in [0.25, 0.3) is 0 Å². The Labute approximate surface area is 110 Å². The van der Waals surface area contributed by atoms with Gasteiger partial charge in [0.25, 0.3) is 0 Å². The molecule has 0 bridgehead atoms. The molecule has 0 aromatic heterocycles. The van der Waals surface area contributed by atoms with Gasteiger partial charge in [0.1, 0.15) is 23.4 Å². The Balaban J connectivity index is 3.49. The molecule has 0 aliphatic carbocycles. The Hall–Kier alpha value is -1.20. The summed E-state index contributed by atoms with van der Waals surface area (Å²) in [5, 5.41) is 0. The minimum atomic E-state index is -2.62. The van der Waals surface area contributed by atoms with Gasteiger partial charge in [0.2, 0.25) is 0 Å². The highest BCUT2D eigenvalue weighted by Gasteiger charge is 2.17. The van der Waals surface area contributed by atoms with Crippen molar-refractivity contribution in [3.8, 4) is 5.75 Å². The molecule has 100 valence electrons. The summed E-state index contributed by atoms with van der Waals surface area (Å²) >= 11 is -2.62. The predicted molar refractivity (Wildman–Crippen MR) is 69.6 cm³/mol. The second-order valence-corrected chi connectivity index (χ2v) is 5.32. The molecule has 0 aliphatic rings. The van der Waals surface area contributed by atoms with E-state index in [0.717, 1.165) is 17.4 Å². The van der Waals surface area contributed by atoms with E-state index >= 15 is 0 Å². The summed E-state index contributed by atoms with van der Waals surface area (Å²) in [5.74, 6) is 0.487. The van der Waals surface area contributed by atoms with Gasteiger partial charge in [-0.15, -0.1) is 0 Å². The van der Waals surface area contributed by atoms with Crippen molar-refractivity contribution < 1.29 is 17.7 Å². The van der Waals surface area contributed by atoms with Gasteiger partial charge in [-0.1, -0.05) is 27.7 Å². The Bertz CT molecular complexity index is 437. The highest BCUT2D eigenvalue weighted by atomic mass is 32.2. The van der Waals surface area contributed by atoms with Crippen molar-refractivity contribution in [2.75, 3.05) is 0 Å². The topological polar surface area (TPSA) is 66.4 Å². The van der Waals surface area contributed by atoms with Gasteiger partial charge in [0.15, 0.2) is 0 Å². The van der Waals surface area contributed by atoms with Gasteiger partial charge in [0.05, 0.1) is 0 Å². The van der Waals surface area contributed by atoms with Crippen LogP contribution in [0.3, 0.4) is 0 Å². The summed E-state index contributed by atoms with van der Waals surface area (Å²) in [5.41, 5.74) is 1.99. The molecule has 1 atom stereocenters. The Kier molecular flexibility index (Phi) is 5.04. The summed E-state index contributed by atoms with van der Waals surface area (Å²) in [6.45, 7) is 7.70. The molecular weight excluding hydrogens is 252 g/mol. The number of hydrogen-bond acceptors (Lipinski definition) is 4. The van der Waals surface area contributed by atoms with Crippen LogP contribution < -0.4 is 4.18 Å². The molecule has 0 N–H and O–H groups in total. The Morgan fingerprint density at radius 2 is 1.61 bits per heavy atom. The first-order valence-corrected chi connectivity index (χ1v) is 6.77. The van der Waals surface area contributed by atoms with Crippen LogP contribution in [-0.4, -0.2) is 15.0 Å². The molecule has 0 fully saturated rings. The first-order valence-electron chi connectivity index (χ1n) is 5.77. The fourth-order valence-corrected chi connectivity index (χ4v) is 2.12. The molecule has 0 saturated carbocycles. The van der Waals surface area contributed by atoms with E-state index < -0.39 is 11.4 Å². The van der Waals surface area contributed by atoms with Crippen molar-refractivity contribution in [2.24, 2.45) is 0 Å². The second-order valence-electron chi connectivity index (χ2n) is 4.74. The molecule has 0 amide bonds. The maximum atomic E-state index is 10.9. The zero-order chi connectivity index (χ0) is 13.9. The summed E-state index contributed by atoms with van der Waals surface area (Å²) in [7, 11) is 0. The normalized spacial score (nSPS) is 12.8. The third kappa shape index (κ3) is 3.40. The highest BCUT2D eigenvalue weighted by Crippen LogP contribution is 2.35. The van der Waals surface area contributed by atoms with Crippen LogP contribution in [0.1, 0.15) is 61.0 Å². The average Bonchev–Trinajstić information content (AvgIpc) is 2.27. The van der Waals surface area contributed by atoms with Crippen molar-refractivity contribution in [1.82, 2.24) is 0 Å². The summed E-state index contributed by atoms with van der Waals surface area (Å²) in [4.78, 5) is 10.9. The van der Waals surface area contributed by atoms with Crippen LogP contribution >= 0.6 is 0 Å². The predicted octanol–water partition coefficient (Wildman–Crippen LogP) is 2.92. The van der Waals surface area contributed by atoms with Crippen molar-refractivity contribution in [2.45, 2.75) is 39.5 Å². The zero-order valence-corrected chi connectivity index (χ0v) is 11.7. The van der Waals surface area contributed by atoms with E-state index in [1.165, 1.54) is 0 Å². The van der Waals surface area contributed by atoms with E-state index in [0.29, 0.717) is 11.3 Å². The van der Waals surface area contributed by atoms with E-state index in [2.05, 4.69) is 0 Å². The van der Waals surface area contributed by atoms with Gasteiger partial charge in [-0.2, -0.15) is 0 Å². The molecule has 1 unspecified atom stereocenters. The van der Waals surface area contributed by atoms with Crippen molar-refractivity contribution in [3.05, 3.63) is 28.8 Å². The molecule has 0 radical (unpaired) electrons. The summed E-state index contributed by atoms with van der Waals surface area (Å²) < 4.78 is 26.5. The molecule has 1 rings (SSSR count). The van der Waals surface area contributed by atoms with Gasteiger partial charge in [-0.05, 0) is 35.1 Å². The number of carbonyl (C=O) groups excluding carboxylic acids is 1. The minimum Gasteiger partial charge on any atom is -0.740 e. The van der Waals surface area contributed by atoms with E-state index in [9.17, 15) is 13.6 Å². The van der Waals surface area contributed by atoms with E-state index in [1.807, 2.05) is 27.7 Å². The molecule has 1 aromatic rings. The number of carbonyl (C=O) groups is 1. The van der Waals surface area contributed by atoms with Crippen LogP contribution in [0.2, 0.25) is 0 Å². The summed E-state index contributed by atoms with van der Waals surface area (Å²) in [6, 6.07) is 3.34. The first kappa shape index (κ1) is 14.9. The molecule has 0 spiro atoms. The lowest BCUT2D eigenvalue weighted by molar-refractivity contribution is 0.112. The smallest absolute Gasteiger partial charge is 0.150 e. The Morgan fingerprint density at radius 1 is 1.17 bits per heavy atom. The molecule has 0 aliphatic heterocycles. The van der Waals surface area contributed by atoms with Crippen molar-refractivity contribution >= 4 is 17.6 Å². The van der Waals surface area contributed by atoms with Gasteiger partial charge in [-0.3, -0.25) is 4.79 Å². The molecule has 0 heterocycles. The maximum Gasteiger partial charge on any atom is 0.150 e. The van der Waals surface area contributed by atoms with Gasteiger partial charge in [0, 0.05) is 5.56 Å². The standard InChI is InChI=1S/C13H18O4S/c1-8(2)11-5-10(7-14)6-12(9(3)4)13(11)17-18(15)16/h5-9H,1-4H3,(H,15,16)/p-1. The van der Waals surface area contributed by atoms with Crippen LogP contribution in [0.5, 0.6) is 5.75 Å². The van der Waals surface area contributed by atoms with Crippen LogP contribution in [0, 0.1) is 0 Å².